The van der Waals surface area contributed by atoms with Gasteiger partial charge in [-0.25, -0.2) is 15.0 Å². The first kappa shape index (κ1) is 30.2. The molecule has 6 heteroatoms. The van der Waals surface area contributed by atoms with Crippen molar-refractivity contribution in [3.05, 3.63) is 170 Å². The molecule has 54 heavy (non-hydrogen) atoms. The lowest BCUT2D eigenvalue weighted by atomic mass is 9.91. The second-order valence-electron chi connectivity index (χ2n) is 13.6. The van der Waals surface area contributed by atoms with Gasteiger partial charge in [0.1, 0.15) is 0 Å². The molecule has 250 valence electrons. The average Bonchev–Trinajstić information content (AvgIpc) is 3.58. The van der Waals surface area contributed by atoms with Crippen molar-refractivity contribution >= 4 is 32.6 Å². The molecule has 0 atom stereocenters. The molecule has 0 fully saturated rings. The van der Waals surface area contributed by atoms with Gasteiger partial charge in [0.05, 0.1) is 16.7 Å². The van der Waals surface area contributed by atoms with Crippen LogP contribution in [0.3, 0.4) is 0 Å². The van der Waals surface area contributed by atoms with Gasteiger partial charge in [0, 0.05) is 57.0 Å². The first-order valence-corrected chi connectivity index (χ1v) is 17.9. The van der Waals surface area contributed by atoms with Crippen LogP contribution < -0.4 is 0 Å². The molecule has 1 aliphatic carbocycles. The summed E-state index contributed by atoms with van der Waals surface area (Å²) < 4.78 is 0. The monoisotopic (exact) mass is 688 g/mol. The second-order valence-corrected chi connectivity index (χ2v) is 13.6. The van der Waals surface area contributed by atoms with Gasteiger partial charge in [-0.05, 0) is 87.3 Å². The van der Waals surface area contributed by atoms with Crippen molar-refractivity contribution in [3.63, 3.8) is 0 Å². The molecule has 0 N–H and O–H groups in total. The Balaban J connectivity index is 1.18. The highest BCUT2D eigenvalue weighted by molar-refractivity contribution is 6.14. The zero-order valence-electron chi connectivity index (χ0n) is 28.8. The van der Waals surface area contributed by atoms with E-state index in [1.807, 2.05) is 91.4 Å². The second kappa shape index (κ2) is 12.1. The Labute approximate surface area is 310 Å². The maximum absolute atomic E-state index is 5.14. The highest BCUT2D eigenvalue weighted by atomic mass is 15.0. The van der Waals surface area contributed by atoms with Gasteiger partial charge in [-0.1, -0.05) is 103 Å². The molecule has 4 heterocycles. The predicted molar refractivity (Wildman–Crippen MR) is 217 cm³/mol. The van der Waals surface area contributed by atoms with Crippen LogP contribution in [0.5, 0.6) is 0 Å². The van der Waals surface area contributed by atoms with E-state index in [0.29, 0.717) is 17.5 Å². The van der Waals surface area contributed by atoms with E-state index in [-0.39, 0.29) is 0 Å². The lowest BCUT2D eigenvalue weighted by molar-refractivity contribution is 1.07. The molecule has 10 aromatic rings. The minimum Gasteiger partial charge on any atom is -0.256 e. The van der Waals surface area contributed by atoms with Crippen LogP contribution >= 0.6 is 0 Å². The van der Waals surface area contributed by atoms with Crippen LogP contribution in [0.15, 0.2) is 170 Å². The predicted octanol–water partition coefficient (Wildman–Crippen LogP) is 11.5. The Kier molecular flexibility index (Phi) is 6.75. The van der Waals surface area contributed by atoms with Crippen molar-refractivity contribution in [1.29, 1.82) is 0 Å². The SMILES string of the molecule is c1ccc(-c2nc(-c3ccccc3)nc(-c3cc(-c4ccc5c(c4)-c4nccc6cccc-5c46)cc(-c4cc5cccnc5c5ncccc45)c3)n2)cc1. The molecule has 4 aromatic heterocycles. The molecule has 0 bridgehead atoms. The van der Waals surface area contributed by atoms with Gasteiger partial charge in [0.15, 0.2) is 17.5 Å². The smallest absolute Gasteiger partial charge is 0.164 e. The van der Waals surface area contributed by atoms with E-state index in [1.54, 1.807) is 0 Å². The van der Waals surface area contributed by atoms with E-state index < -0.39 is 0 Å². The van der Waals surface area contributed by atoms with Crippen LogP contribution in [0.4, 0.5) is 0 Å². The Hall–Kier alpha value is -7.44. The van der Waals surface area contributed by atoms with E-state index in [1.165, 1.54) is 21.9 Å². The van der Waals surface area contributed by atoms with Crippen LogP contribution in [0, 0.1) is 0 Å². The number of hydrogen-bond acceptors (Lipinski definition) is 6. The highest BCUT2D eigenvalue weighted by Crippen LogP contribution is 2.48. The number of aromatic nitrogens is 6. The molecule has 0 unspecified atom stereocenters. The lowest BCUT2D eigenvalue weighted by Crippen LogP contribution is -2.00. The quantitative estimate of drug-likeness (QED) is 0.168. The van der Waals surface area contributed by atoms with Gasteiger partial charge in [0.25, 0.3) is 0 Å². The summed E-state index contributed by atoms with van der Waals surface area (Å²) in [5.74, 6) is 1.83. The van der Waals surface area contributed by atoms with Crippen LogP contribution in [0.25, 0.3) is 111 Å². The van der Waals surface area contributed by atoms with Crippen LogP contribution in [0.1, 0.15) is 0 Å². The molecule has 6 nitrogen and oxygen atoms in total. The van der Waals surface area contributed by atoms with Crippen molar-refractivity contribution in [1.82, 2.24) is 29.9 Å². The minimum absolute atomic E-state index is 0.593. The van der Waals surface area contributed by atoms with Gasteiger partial charge < -0.3 is 0 Å². The maximum Gasteiger partial charge on any atom is 0.164 e. The Morgan fingerprint density at radius 2 is 0.981 bits per heavy atom. The molecule has 0 spiro atoms. The minimum atomic E-state index is 0.593. The molecule has 0 aliphatic heterocycles. The molecule has 0 amide bonds. The number of fused-ring (bicyclic) bond motifs is 6. The zero-order valence-corrected chi connectivity index (χ0v) is 28.8. The van der Waals surface area contributed by atoms with Gasteiger partial charge in [-0.15, -0.1) is 0 Å². The van der Waals surface area contributed by atoms with Crippen LogP contribution in [0.2, 0.25) is 0 Å². The van der Waals surface area contributed by atoms with E-state index in [4.69, 9.17) is 29.9 Å². The number of nitrogens with zero attached hydrogens (tertiary/aromatic N) is 6. The third-order valence-corrected chi connectivity index (χ3v) is 10.4. The third kappa shape index (κ3) is 4.89. The fourth-order valence-corrected chi connectivity index (χ4v) is 7.85. The van der Waals surface area contributed by atoms with Crippen molar-refractivity contribution in [2.24, 2.45) is 0 Å². The number of hydrogen-bond donors (Lipinski definition) is 0. The Bertz CT molecular complexity index is 3040. The summed E-state index contributed by atoms with van der Waals surface area (Å²) in [6, 6.07) is 52.5. The lowest BCUT2D eigenvalue weighted by Gasteiger charge is -2.15. The van der Waals surface area contributed by atoms with Crippen molar-refractivity contribution in [3.8, 4) is 78.8 Å². The van der Waals surface area contributed by atoms with Crippen LogP contribution in [-0.4, -0.2) is 29.9 Å². The average molecular weight is 689 g/mol. The number of benzene rings is 6. The van der Waals surface area contributed by atoms with Crippen molar-refractivity contribution in [2.75, 3.05) is 0 Å². The molecule has 0 saturated heterocycles. The van der Waals surface area contributed by atoms with Gasteiger partial charge in [0.2, 0.25) is 0 Å². The van der Waals surface area contributed by atoms with Gasteiger partial charge in [-0.2, -0.15) is 0 Å². The zero-order chi connectivity index (χ0) is 35.6. The van der Waals surface area contributed by atoms with Crippen LogP contribution in [-0.2, 0) is 0 Å². The largest absolute Gasteiger partial charge is 0.256 e. The summed E-state index contributed by atoms with van der Waals surface area (Å²) >= 11 is 0. The Morgan fingerprint density at radius 1 is 0.315 bits per heavy atom. The highest BCUT2D eigenvalue weighted by Gasteiger charge is 2.23. The molecular formula is C48H28N6. The number of pyridine rings is 3. The molecule has 0 radical (unpaired) electrons. The molecule has 1 aliphatic rings. The fourth-order valence-electron chi connectivity index (χ4n) is 7.85. The number of rotatable bonds is 5. The summed E-state index contributed by atoms with van der Waals surface area (Å²) in [6.45, 7) is 0. The Morgan fingerprint density at radius 3 is 1.76 bits per heavy atom. The summed E-state index contributed by atoms with van der Waals surface area (Å²) in [5.41, 5.74) is 13.3. The molecule has 6 aromatic carbocycles. The normalized spacial score (nSPS) is 11.7. The maximum atomic E-state index is 5.14. The summed E-state index contributed by atoms with van der Waals surface area (Å²) in [6.07, 6.45) is 5.57. The molecular weight excluding hydrogens is 661 g/mol. The van der Waals surface area contributed by atoms with E-state index >= 15 is 0 Å². The first-order chi connectivity index (χ1) is 26.7. The van der Waals surface area contributed by atoms with E-state index in [2.05, 4.69) is 78.9 Å². The summed E-state index contributed by atoms with van der Waals surface area (Å²) in [7, 11) is 0. The van der Waals surface area contributed by atoms with E-state index in [0.717, 1.165) is 72.0 Å². The van der Waals surface area contributed by atoms with Gasteiger partial charge in [-0.3, -0.25) is 15.0 Å². The fraction of sp³-hybridized carbons (Fsp3) is 0. The summed E-state index contributed by atoms with van der Waals surface area (Å²) in [5, 5.41) is 4.46. The van der Waals surface area contributed by atoms with Crippen molar-refractivity contribution < 1.29 is 0 Å². The van der Waals surface area contributed by atoms with Crippen molar-refractivity contribution in [2.45, 2.75) is 0 Å². The molecule has 0 saturated carbocycles. The standard InChI is InChI=1S/C48H28N6/c1-3-10-30(11-4-1)46-52-47(31-12-5-2-6-13-31)54-48(53-46)36-25-34(32-18-19-37-38-16-7-14-29-20-23-51-44(42(29)38)41(37)27-32)24-35(26-36)40-28-33-15-8-21-49-43(33)45-39(40)17-9-22-50-45/h1-28H. The topological polar surface area (TPSA) is 77.3 Å². The summed E-state index contributed by atoms with van der Waals surface area (Å²) in [4.78, 5) is 29.7. The third-order valence-electron chi connectivity index (χ3n) is 10.4. The van der Waals surface area contributed by atoms with Gasteiger partial charge >= 0.3 is 0 Å². The van der Waals surface area contributed by atoms with E-state index in [9.17, 15) is 0 Å². The molecule has 11 rings (SSSR count). The first-order valence-electron chi connectivity index (χ1n) is 17.9.